The fourth-order valence-electron chi connectivity index (χ4n) is 2.44. The normalized spacial score (nSPS) is 11.4. The first-order valence-electron chi connectivity index (χ1n) is 8.25. The lowest BCUT2D eigenvalue weighted by Crippen LogP contribution is -2.20. The van der Waals surface area contributed by atoms with E-state index >= 15 is 0 Å². The lowest BCUT2D eigenvalue weighted by molar-refractivity contribution is -0.117. The number of benzene rings is 2. The molecule has 1 N–H and O–H groups in total. The van der Waals surface area contributed by atoms with E-state index in [4.69, 9.17) is 11.6 Å². The molecule has 0 aliphatic rings. The summed E-state index contributed by atoms with van der Waals surface area (Å²) < 4.78 is 0. The van der Waals surface area contributed by atoms with Crippen molar-refractivity contribution in [3.63, 3.8) is 0 Å². The number of rotatable bonds is 4. The molecule has 1 amide bonds. The van der Waals surface area contributed by atoms with Crippen molar-refractivity contribution >= 4 is 23.2 Å². The minimum Gasteiger partial charge on any atom is -0.324 e. The van der Waals surface area contributed by atoms with Gasteiger partial charge in [-0.1, -0.05) is 56.6 Å². The maximum Gasteiger partial charge on any atom is 0.248 e. The van der Waals surface area contributed by atoms with Gasteiger partial charge in [0.2, 0.25) is 11.7 Å². The predicted molar refractivity (Wildman–Crippen MR) is 102 cm³/mol. The van der Waals surface area contributed by atoms with Crippen molar-refractivity contribution in [3.8, 4) is 11.4 Å². The number of carbonyl (C=O) groups is 1. The van der Waals surface area contributed by atoms with Crippen molar-refractivity contribution in [1.82, 2.24) is 20.2 Å². The van der Waals surface area contributed by atoms with E-state index in [2.05, 4.69) is 41.5 Å². The SMILES string of the molecule is CC(C)(C)c1ccc(NC(=O)Cn2nnc(-c3cccc(Cl)c3)n2)cc1. The Morgan fingerprint density at radius 3 is 2.54 bits per heavy atom. The van der Waals surface area contributed by atoms with Crippen molar-refractivity contribution in [3.05, 3.63) is 59.1 Å². The highest BCUT2D eigenvalue weighted by molar-refractivity contribution is 6.30. The van der Waals surface area contributed by atoms with Crippen LogP contribution in [0.4, 0.5) is 5.69 Å². The number of halogens is 1. The molecular formula is C19H20ClN5O. The molecule has 3 rings (SSSR count). The first-order chi connectivity index (χ1) is 12.3. The molecule has 1 heterocycles. The molecule has 0 spiro atoms. The van der Waals surface area contributed by atoms with Gasteiger partial charge in [-0.25, -0.2) is 0 Å². The molecule has 26 heavy (non-hydrogen) atoms. The number of nitrogens with one attached hydrogen (secondary N) is 1. The summed E-state index contributed by atoms with van der Waals surface area (Å²) in [4.78, 5) is 13.5. The van der Waals surface area contributed by atoms with Gasteiger partial charge in [-0.2, -0.15) is 4.80 Å². The summed E-state index contributed by atoms with van der Waals surface area (Å²) in [6, 6.07) is 15.0. The molecule has 3 aromatic rings. The zero-order valence-electron chi connectivity index (χ0n) is 14.9. The average Bonchev–Trinajstić information content (AvgIpc) is 3.03. The molecule has 0 aliphatic carbocycles. The van der Waals surface area contributed by atoms with Crippen molar-refractivity contribution in [2.45, 2.75) is 32.7 Å². The first-order valence-corrected chi connectivity index (χ1v) is 8.63. The van der Waals surface area contributed by atoms with E-state index in [0.29, 0.717) is 10.8 Å². The zero-order valence-corrected chi connectivity index (χ0v) is 15.7. The number of nitrogens with zero attached hydrogens (tertiary/aromatic N) is 4. The van der Waals surface area contributed by atoms with Gasteiger partial charge in [0.1, 0.15) is 6.54 Å². The Morgan fingerprint density at radius 1 is 1.15 bits per heavy atom. The first kappa shape index (κ1) is 18.1. The molecule has 0 unspecified atom stereocenters. The minimum atomic E-state index is -0.219. The largest absolute Gasteiger partial charge is 0.324 e. The number of hydrogen-bond acceptors (Lipinski definition) is 4. The van der Waals surface area contributed by atoms with Crippen molar-refractivity contribution in [2.24, 2.45) is 0 Å². The molecule has 0 bridgehead atoms. The number of anilines is 1. The third kappa shape index (κ3) is 4.46. The number of carbonyl (C=O) groups excluding carboxylic acids is 1. The van der Waals surface area contributed by atoms with Gasteiger partial charge in [0.15, 0.2) is 0 Å². The molecule has 0 radical (unpaired) electrons. The second-order valence-corrected chi connectivity index (χ2v) is 7.47. The second-order valence-electron chi connectivity index (χ2n) is 7.03. The van der Waals surface area contributed by atoms with E-state index < -0.39 is 0 Å². The molecule has 134 valence electrons. The van der Waals surface area contributed by atoms with Gasteiger partial charge in [0.05, 0.1) is 0 Å². The molecule has 2 aromatic carbocycles. The van der Waals surface area contributed by atoms with Crippen LogP contribution in [0.2, 0.25) is 5.02 Å². The molecule has 6 nitrogen and oxygen atoms in total. The van der Waals surface area contributed by atoms with E-state index in [9.17, 15) is 4.79 Å². The van der Waals surface area contributed by atoms with Gasteiger partial charge in [0, 0.05) is 16.3 Å². The Labute approximate surface area is 157 Å². The second kappa shape index (κ2) is 7.25. The lowest BCUT2D eigenvalue weighted by Gasteiger charge is -2.19. The van der Waals surface area contributed by atoms with Crippen molar-refractivity contribution in [1.29, 1.82) is 0 Å². The standard InChI is InChI=1S/C19H20ClN5O/c1-19(2,3)14-7-9-16(10-8-14)21-17(26)12-25-23-18(22-24-25)13-5-4-6-15(20)11-13/h4-11H,12H2,1-3H3,(H,21,26). The van der Waals surface area contributed by atoms with Crippen LogP contribution in [0.5, 0.6) is 0 Å². The Kier molecular flexibility index (Phi) is 5.04. The van der Waals surface area contributed by atoms with Gasteiger partial charge < -0.3 is 5.32 Å². The molecule has 7 heteroatoms. The molecule has 0 atom stereocenters. The molecule has 1 aromatic heterocycles. The van der Waals surface area contributed by atoms with E-state index in [0.717, 1.165) is 11.3 Å². The number of hydrogen-bond donors (Lipinski definition) is 1. The van der Waals surface area contributed by atoms with Crippen LogP contribution in [0.1, 0.15) is 26.3 Å². The molecule has 0 fully saturated rings. The summed E-state index contributed by atoms with van der Waals surface area (Å²) in [6.45, 7) is 6.42. The summed E-state index contributed by atoms with van der Waals surface area (Å²) in [5.41, 5.74) is 2.77. The van der Waals surface area contributed by atoms with Gasteiger partial charge >= 0.3 is 0 Å². The average molecular weight is 370 g/mol. The predicted octanol–water partition coefficient (Wildman–Crippen LogP) is 3.93. The summed E-state index contributed by atoms with van der Waals surface area (Å²) >= 11 is 5.97. The van der Waals surface area contributed by atoms with Crippen LogP contribution in [-0.4, -0.2) is 26.1 Å². The molecule has 0 aliphatic heterocycles. The van der Waals surface area contributed by atoms with Gasteiger partial charge in [-0.05, 0) is 40.5 Å². The van der Waals surface area contributed by atoms with E-state index in [1.165, 1.54) is 10.4 Å². The molecular weight excluding hydrogens is 350 g/mol. The topological polar surface area (TPSA) is 72.7 Å². The quantitative estimate of drug-likeness (QED) is 0.756. The van der Waals surface area contributed by atoms with E-state index in [1.807, 2.05) is 36.4 Å². The molecule has 0 saturated carbocycles. The van der Waals surface area contributed by atoms with Crippen LogP contribution in [0.15, 0.2) is 48.5 Å². The maximum atomic E-state index is 12.2. The van der Waals surface area contributed by atoms with Gasteiger partial charge in [0.25, 0.3) is 0 Å². The van der Waals surface area contributed by atoms with Gasteiger partial charge in [-0.3, -0.25) is 4.79 Å². The highest BCUT2D eigenvalue weighted by Crippen LogP contribution is 2.23. The van der Waals surface area contributed by atoms with Crippen molar-refractivity contribution < 1.29 is 4.79 Å². The smallest absolute Gasteiger partial charge is 0.248 e. The number of aromatic nitrogens is 4. The fourth-order valence-corrected chi connectivity index (χ4v) is 2.63. The third-order valence-electron chi connectivity index (χ3n) is 3.86. The minimum absolute atomic E-state index is 0.0193. The summed E-state index contributed by atoms with van der Waals surface area (Å²) in [7, 11) is 0. The Morgan fingerprint density at radius 2 is 1.88 bits per heavy atom. The number of amides is 1. The maximum absolute atomic E-state index is 12.2. The monoisotopic (exact) mass is 369 g/mol. The van der Waals surface area contributed by atoms with Gasteiger partial charge in [-0.15, -0.1) is 10.2 Å². The highest BCUT2D eigenvalue weighted by atomic mass is 35.5. The lowest BCUT2D eigenvalue weighted by atomic mass is 9.87. The number of tetrazole rings is 1. The fraction of sp³-hybridized carbons (Fsp3) is 0.263. The summed E-state index contributed by atoms with van der Waals surface area (Å²) in [6.07, 6.45) is 0. The molecule has 0 saturated heterocycles. The van der Waals surface area contributed by atoms with Crippen LogP contribution in [0.25, 0.3) is 11.4 Å². The van der Waals surface area contributed by atoms with Crippen molar-refractivity contribution in [2.75, 3.05) is 5.32 Å². The zero-order chi connectivity index (χ0) is 18.7. The highest BCUT2D eigenvalue weighted by Gasteiger charge is 2.14. The summed E-state index contributed by atoms with van der Waals surface area (Å²) in [5.74, 6) is 0.207. The van der Waals surface area contributed by atoms with E-state index in [1.54, 1.807) is 12.1 Å². The van der Waals surface area contributed by atoms with Crippen LogP contribution in [0.3, 0.4) is 0 Å². The summed E-state index contributed by atoms with van der Waals surface area (Å²) in [5, 5.41) is 15.5. The van der Waals surface area contributed by atoms with Crippen LogP contribution < -0.4 is 5.32 Å². The van der Waals surface area contributed by atoms with Crippen LogP contribution in [-0.2, 0) is 16.8 Å². The van der Waals surface area contributed by atoms with Crippen LogP contribution in [0, 0.1) is 0 Å². The Hall–Kier alpha value is -2.73. The Bertz CT molecular complexity index is 912. The third-order valence-corrected chi connectivity index (χ3v) is 4.09. The Balaban J connectivity index is 1.64. The van der Waals surface area contributed by atoms with Crippen LogP contribution >= 0.6 is 11.6 Å². The van der Waals surface area contributed by atoms with E-state index in [-0.39, 0.29) is 17.9 Å².